The first kappa shape index (κ1) is 20.4. The highest BCUT2D eigenvalue weighted by atomic mass is 79.9. The zero-order chi connectivity index (χ0) is 21.4. The average molecular weight is 491 g/mol. The topological polar surface area (TPSA) is 103 Å². The number of methoxy groups -OCH3 is 1. The van der Waals surface area contributed by atoms with Crippen LogP contribution in [0.5, 0.6) is 5.75 Å². The number of rotatable bonds is 4. The number of carbonyl (C=O) groups excluding carboxylic acids is 1. The number of carbonyl (C=O) groups is 1. The maximum absolute atomic E-state index is 13.2. The number of fused-ring (bicyclic) bond motifs is 1. The van der Waals surface area contributed by atoms with E-state index in [-0.39, 0.29) is 17.0 Å². The van der Waals surface area contributed by atoms with Crippen molar-refractivity contribution in [2.24, 2.45) is 0 Å². The average Bonchev–Trinajstić information content (AvgIpc) is 3.22. The lowest BCUT2D eigenvalue weighted by atomic mass is 10.1. The smallest absolute Gasteiger partial charge is 0.349 e. The van der Waals surface area contributed by atoms with Crippen LogP contribution in [0.4, 0.5) is 5.69 Å². The molecular formula is C20H15BrN2O6S. The van der Waals surface area contributed by atoms with Crippen LogP contribution in [0.1, 0.15) is 21.3 Å². The molecule has 8 nitrogen and oxygen atoms in total. The number of nitro groups is 1. The first-order valence-corrected chi connectivity index (χ1v) is 10.7. The number of hydrogen-bond acceptors (Lipinski definition) is 7. The standard InChI is InChI=1S/C20H15BrN2O6S/c1-28-17-4-2-11(10-15(17)23(26)27)19-22(6-7-30-19)18(24)14-9-12-8-13(21)3-5-16(12)29-20(14)25/h2-5,8-10,19H,6-7H2,1H3. The van der Waals surface area contributed by atoms with Gasteiger partial charge in [-0.2, -0.15) is 0 Å². The summed E-state index contributed by atoms with van der Waals surface area (Å²) in [6, 6.07) is 11.3. The molecule has 3 aromatic rings. The molecule has 1 amide bonds. The first-order valence-electron chi connectivity index (χ1n) is 8.87. The number of amides is 1. The van der Waals surface area contributed by atoms with E-state index in [0.29, 0.717) is 28.8 Å². The first-order chi connectivity index (χ1) is 14.4. The summed E-state index contributed by atoms with van der Waals surface area (Å²) in [6.07, 6.45) is 0. The lowest BCUT2D eigenvalue weighted by molar-refractivity contribution is -0.385. The van der Waals surface area contributed by atoms with Gasteiger partial charge in [-0.3, -0.25) is 14.9 Å². The van der Waals surface area contributed by atoms with Crippen molar-refractivity contribution >= 4 is 50.3 Å². The Kier molecular flexibility index (Phi) is 5.52. The van der Waals surface area contributed by atoms with Gasteiger partial charge in [0.1, 0.15) is 16.5 Å². The summed E-state index contributed by atoms with van der Waals surface area (Å²) in [5, 5.41) is 11.5. The van der Waals surface area contributed by atoms with Crippen molar-refractivity contribution in [2.75, 3.05) is 19.4 Å². The maximum atomic E-state index is 13.2. The van der Waals surface area contributed by atoms with E-state index in [1.54, 1.807) is 24.3 Å². The molecule has 10 heteroatoms. The van der Waals surface area contributed by atoms with Crippen LogP contribution >= 0.6 is 27.7 Å². The Morgan fingerprint density at radius 1 is 1.30 bits per heavy atom. The molecular weight excluding hydrogens is 476 g/mol. The van der Waals surface area contributed by atoms with Crippen molar-refractivity contribution in [2.45, 2.75) is 5.37 Å². The Balaban J connectivity index is 1.72. The van der Waals surface area contributed by atoms with Crippen LogP contribution in [0.25, 0.3) is 11.0 Å². The highest BCUT2D eigenvalue weighted by molar-refractivity contribution is 9.10. The summed E-state index contributed by atoms with van der Waals surface area (Å²) in [4.78, 5) is 38.0. The third-order valence-electron chi connectivity index (χ3n) is 4.76. The minimum absolute atomic E-state index is 0.0730. The monoisotopic (exact) mass is 490 g/mol. The molecule has 1 aromatic heterocycles. The second kappa shape index (κ2) is 8.11. The van der Waals surface area contributed by atoms with Crippen LogP contribution in [-0.4, -0.2) is 35.1 Å². The quantitative estimate of drug-likeness (QED) is 0.304. The zero-order valence-corrected chi connectivity index (χ0v) is 18.1. The van der Waals surface area contributed by atoms with Crippen LogP contribution in [0.15, 0.2) is 56.1 Å². The number of ether oxygens (including phenoxy) is 1. The Hall–Kier alpha value is -2.85. The molecule has 0 saturated carbocycles. The summed E-state index contributed by atoms with van der Waals surface area (Å²) in [5.41, 5.74) is 0.0106. The minimum Gasteiger partial charge on any atom is -0.490 e. The molecule has 1 aliphatic rings. The van der Waals surface area contributed by atoms with E-state index < -0.39 is 21.8 Å². The zero-order valence-electron chi connectivity index (χ0n) is 15.7. The van der Waals surface area contributed by atoms with E-state index >= 15 is 0 Å². The van der Waals surface area contributed by atoms with Gasteiger partial charge in [-0.1, -0.05) is 22.0 Å². The largest absolute Gasteiger partial charge is 0.490 e. The van der Waals surface area contributed by atoms with E-state index in [4.69, 9.17) is 9.15 Å². The van der Waals surface area contributed by atoms with Crippen molar-refractivity contribution in [1.29, 1.82) is 0 Å². The fourth-order valence-electron chi connectivity index (χ4n) is 3.36. The molecule has 4 rings (SSSR count). The lowest BCUT2D eigenvalue weighted by Gasteiger charge is -2.24. The number of halogens is 1. The third kappa shape index (κ3) is 3.68. The number of hydrogen-bond donors (Lipinski definition) is 0. The molecule has 1 atom stereocenters. The lowest BCUT2D eigenvalue weighted by Crippen LogP contribution is -2.33. The normalized spacial score (nSPS) is 16.1. The van der Waals surface area contributed by atoms with E-state index in [0.717, 1.165) is 4.47 Å². The molecule has 0 bridgehead atoms. The second-order valence-electron chi connectivity index (χ2n) is 6.54. The summed E-state index contributed by atoms with van der Waals surface area (Å²) < 4.78 is 11.2. The SMILES string of the molecule is COc1ccc(C2SCCN2C(=O)c2cc3cc(Br)ccc3oc2=O)cc1[N+](=O)[O-]. The van der Waals surface area contributed by atoms with Gasteiger partial charge >= 0.3 is 11.3 Å². The molecule has 0 aliphatic carbocycles. The fourth-order valence-corrected chi connectivity index (χ4v) is 4.98. The van der Waals surface area contributed by atoms with Gasteiger partial charge in [-0.25, -0.2) is 4.79 Å². The Bertz CT molecular complexity index is 1230. The Morgan fingerprint density at radius 2 is 2.10 bits per heavy atom. The van der Waals surface area contributed by atoms with Gasteiger partial charge < -0.3 is 14.1 Å². The van der Waals surface area contributed by atoms with Gasteiger partial charge in [0.25, 0.3) is 5.91 Å². The molecule has 1 saturated heterocycles. The number of thioether (sulfide) groups is 1. The van der Waals surface area contributed by atoms with Crippen LogP contribution in [0.2, 0.25) is 0 Å². The van der Waals surface area contributed by atoms with E-state index in [9.17, 15) is 19.7 Å². The Labute approximate surface area is 183 Å². The van der Waals surface area contributed by atoms with Crippen LogP contribution in [0, 0.1) is 10.1 Å². The highest BCUT2D eigenvalue weighted by Gasteiger charge is 2.34. The van der Waals surface area contributed by atoms with Gasteiger partial charge in [0.05, 0.1) is 12.0 Å². The number of nitrogens with zero attached hydrogens (tertiary/aromatic N) is 2. The number of benzene rings is 2. The molecule has 1 unspecified atom stereocenters. The molecule has 30 heavy (non-hydrogen) atoms. The molecule has 1 fully saturated rings. The predicted octanol–water partition coefficient (Wildman–Crippen LogP) is 4.36. The summed E-state index contributed by atoms with van der Waals surface area (Å²) in [5.74, 6) is 0.310. The van der Waals surface area contributed by atoms with Gasteiger partial charge in [0.15, 0.2) is 5.75 Å². The highest BCUT2D eigenvalue weighted by Crippen LogP contribution is 2.41. The van der Waals surface area contributed by atoms with Gasteiger partial charge in [-0.15, -0.1) is 11.8 Å². The maximum Gasteiger partial charge on any atom is 0.349 e. The van der Waals surface area contributed by atoms with Crippen molar-refractivity contribution in [3.05, 3.63) is 78.6 Å². The molecule has 2 aromatic carbocycles. The minimum atomic E-state index is -0.716. The van der Waals surface area contributed by atoms with Crippen molar-refractivity contribution in [1.82, 2.24) is 4.90 Å². The van der Waals surface area contributed by atoms with E-state index in [1.807, 2.05) is 0 Å². The van der Waals surface area contributed by atoms with Gasteiger partial charge in [0, 0.05) is 28.2 Å². The van der Waals surface area contributed by atoms with E-state index in [1.165, 1.54) is 42.0 Å². The van der Waals surface area contributed by atoms with Gasteiger partial charge in [0.2, 0.25) is 0 Å². The van der Waals surface area contributed by atoms with Gasteiger partial charge in [-0.05, 0) is 35.9 Å². The van der Waals surface area contributed by atoms with Crippen LogP contribution < -0.4 is 10.4 Å². The van der Waals surface area contributed by atoms with Crippen molar-refractivity contribution < 1.29 is 18.9 Å². The number of nitro benzene ring substituents is 1. The molecule has 0 radical (unpaired) electrons. The van der Waals surface area contributed by atoms with Crippen molar-refractivity contribution in [3.8, 4) is 5.75 Å². The third-order valence-corrected chi connectivity index (χ3v) is 6.52. The Morgan fingerprint density at radius 3 is 2.83 bits per heavy atom. The second-order valence-corrected chi connectivity index (χ2v) is 8.64. The van der Waals surface area contributed by atoms with Crippen LogP contribution in [-0.2, 0) is 0 Å². The summed E-state index contributed by atoms with van der Waals surface area (Å²) >= 11 is 4.84. The predicted molar refractivity (Wildman–Crippen MR) is 116 cm³/mol. The molecule has 0 spiro atoms. The molecule has 2 heterocycles. The summed E-state index contributed by atoms with van der Waals surface area (Å²) in [7, 11) is 1.36. The molecule has 1 aliphatic heterocycles. The molecule has 154 valence electrons. The van der Waals surface area contributed by atoms with Crippen LogP contribution in [0.3, 0.4) is 0 Å². The molecule has 0 N–H and O–H groups in total. The fraction of sp³-hybridized carbons (Fsp3) is 0.200. The summed E-state index contributed by atoms with van der Waals surface area (Å²) in [6.45, 7) is 0.407. The van der Waals surface area contributed by atoms with Crippen molar-refractivity contribution in [3.63, 3.8) is 0 Å². The van der Waals surface area contributed by atoms with E-state index in [2.05, 4.69) is 15.9 Å².